The summed E-state index contributed by atoms with van der Waals surface area (Å²) < 4.78 is 11.1. The SMILES string of the molecule is Nc1nc2c(ncn2[C@H]2CC(O)[C@@H](CO)O2)c(=S)n1-n1cnc2c(=S)nc[nH]c21. The molecule has 1 fully saturated rings. The van der Waals surface area contributed by atoms with Crippen molar-refractivity contribution < 1.29 is 14.9 Å². The molecule has 29 heavy (non-hydrogen) atoms. The molecule has 0 radical (unpaired) electrons. The highest BCUT2D eigenvalue weighted by Crippen LogP contribution is 2.31. The summed E-state index contributed by atoms with van der Waals surface area (Å²) in [6, 6.07) is 0. The fourth-order valence-electron chi connectivity index (χ4n) is 3.44. The molecule has 0 amide bonds. The largest absolute Gasteiger partial charge is 0.394 e. The molecule has 3 atom stereocenters. The number of fused-ring (bicyclic) bond motifs is 2. The zero-order chi connectivity index (χ0) is 20.3. The van der Waals surface area contributed by atoms with Gasteiger partial charge in [0.25, 0.3) is 0 Å². The molecule has 1 aliphatic heterocycles. The van der Waals surface area contributed by atoms with Crippen LogP contribution in [0.4, 0.5) is 5.95 Å². The summed E-state index contributed by atoms with van der Waals surface area (Å²) in [5.41, 5.74) is 8.12. The molecule has 5 N–H and O–H groups in total. The lowest BCUT2D eigenvalue weighted by atomic mass is 10.2. The van der Waals surface area contributed by atoms with Gasteiger partial charge in [-0.15, -0.1) is 0 Å². The Kier molecular flexibility index (Phi) is 4.18. The maximum atomic E-state index is 10.0. The van der Waals surface area contributed by atoms with E-state index in [0.29, 0.717) is 31.6 Å². The van der Waals surface area contributed by atoms with E-state index in [9.17, 15) is 10.2 Å². The monoisotopic (exact) mass is 433 g/mol. The van der Waals surface area contributed by atoms with Crippen LogP contribution in [0.5, 0.6) is 0 Å². The van der Waals surface area contributed by atoms with Crippen LogP contribution < -0.4 is 5.73 Å². The van der Waals surface area contributed by atoms with Gasteiger partial charge < -0.3 is 25.7 Å². The summed E-state index contributed by atoms with van der Waals surface area (Å²) in [5.74, 6) is 0.0944. The van der Waals surface area contributed by atoms with E-state index in [1.54, 1.807) is 9.24 Å². The fourth-order valence-corrected chi connectivity index (χ4v) is 3.97. The molecule has 1 saturated heterocycles. The molecular formula is C15H15N9O3S2. The van der Waals surface area contributed by atoms with Crippen molar-refractivity contribution in [3.63, 3.8) is 0 Å². The van der Waals surface area contributed by atoms with Crippen molar-refractivity contribution in [3.8, 4) is 0 Å². The highest BCUT2D eigenvalue weighted by atomic mass is 32.1. The number of nitrogens with two attached hydrogens (primary N) is 1. The molecule has 0 bridgehead atoms. The van der Waals surface area contributed by atoms with Crippen molar-refractivity contribution in [1.82, 2.24) is 38.8 Å². The molecule has 1 aliphatic rings. The molecule has 5 rings (SSSR count). The number of aromatic amines is 1. The molecule has 0 saturated carbocycles. The van der Waals surface area contributed by atoms with Gasteiger partial charge in [0.2, 0.25) is 5.95 Å². The lowest BCUT2D eigenvalue weighted by molar-refractivity contribution is -0.0432. The van der Waals surface area contributed by atoms with E-state index in [1.807, 2.05) is 0 Å². The summed E-state index contributed by atoms with van der Waals surface area (Å²) in [5, 5.41) is 19.3. The van der Waals surface area contributed by atoms with Gasteiger partial charge in [0.05, 0.1) is 25.4 Å². The molecule has 4 aromatic rings. The van der Waals surface area contributed by atoms with Gasteiger partial charge in [0.15, 0.2) is 20.6 Å². The number of nitrogen functional groups attached to an aromatic ring is 1. The number of nitrogens with one attached hydrogen (secondary N) is 1. The number of hydrogen-bond acceptors (Lipinski definition) is 10. The van der Waals surface area contributed by atoms with E-state index in [4.69, 9.17) is 34.9 Å². The van der Waals surface area contributed by atoms with E-state index in [2.05, 4.69) is 24.9 Å². The predicted molar refractivity (Wildman–Crippen MR) is 106 cm³/mol. The van der Waals surface area contributed by atoms with Gasteiger partial charge in [0, 0.05) is 6.42 Å². The normalized spacial score (nSPS) is 22.1. The number of aliphatic hydroxyl groups excluding tert-OH is 2. The Morgan fingerprint density at radius 2 is 2.03 bits per heavy atom. The minimum Gasteiger partial charge on any atom is -0.394 e. The van der Waals surface area contributed by atoms with Crippen LogP contribution in [-0.4, -0.2) is 67.9 Å². The van der Waals surface area contributed by atoms with Gasteiger partial charge in [0.1, 0.15) is 29.7 Å². The zero-order valence-corrected chi connectivity index (χ0v) is 16.3. The minimum atomic E-state index is -0.787. The molecule has 4 aromatic heterocycles. The van der Waals surface area contributed by atoms with Gasteiger partial charge in [-0.3, -0.25) is 4.57 Å². The third-order valence-corrected chi connectivity index (χ3v) is 5.51. The summed E-state index contributed by atoms with van der Waals surface area (Å²) in [6.45, 7) is -0.282. The first kappa shape index (κ1) is 18.3. The molecule has 5 heterocycles. The Morgan fingerprint density at radius 3 is 2.79 bits per heavy atom. The van der Waals surface area contributed by atoms with Crippen molar-refractivity contribution in [1.29, 1.82) is 0 Å². The molecule has 0 aliphatic carbocycles. The van der Waals surface area contributed by atoms with Gasteiger partial charge in [-0.25, -0.2) is 24.3 Å². The number of imidazole rings is 2. The Hall–Kier alpha value is -2.78. The quantitative estimate of drug-likeness (QED) is 0.331. The van der Waals surface area contributed by atoms with E-state index < -0.39 is 18.4 Å². The van der Waals surface area contributed by atoms with E-state index in [-0.39, 0.29) is 19.0 Å². The third-order valence-electron chi connectivity index (χ3n) is 4.85. The highest BCUT2D eigenvalue weighted by Gasteiger charge is 2.35. The average Bonchev–Trinajstić information content (AvgIpc) is 3.39. The van der Waals surface area contributed by atoms with Crippen molar-refractivity contribution in [2.24, 2.45) is 0 Å². The minimum absolute atomic E-state index is 0.0944. The smallest absolute Gasteiger partial charge is 0.223 e. The maximum absolute atomic E-state index is 10.0. The van der Waals surface area contributed by atoms with Crippen molar-refractivity contribution in [2.45, 2.75) is 24.9 Å². The summed E-state index contributed by atoms with van der Waals surface area (Å²) in [7, 11) is 0. The average molecular weight is 433 g/mol. The van der Waals surface area contributed by atoms with Gasteiger partial charge in [-0.1, -0.05) is 24.4 Å². The van der Waals surface area contributed by atoms with Crippen LogP contribution in [0.15, 0.2) is 19.0 Å². The molecule has 0 spiro atoms. The van der Waals surface area contributed by atoms with E-state index >= 15 is 0 Å². The lowest BCUT2D eigenvalue weighted by Crippen LogP contribution is -2.24. The number of anilines is 1. The highest BCUT2D eigenvalue weighted by molar-refractivity contribution is 7.71. The molecule has 0 aromatic carbocycles. The molecular weight excluding hydrogens is 418 g/mol. The first-order chi connectivity index (χ1) is 14.0. The van der Waals surface area contributed by atoms with Gasteiger partial charge in [-0.05, 0) is 0 Å². The number of hydrogen-bond donors (Lipinski definition) is 4. The Morgan fingerprint density at radius 1 is 1.24 bits per heavy atom. The van der Waals surface area contributed by atoms with Gasteiger partial charge in [-0.2, -0.15) is 4.98 Å². The predicted octanol–water partition coefficient (Wildman–Crippen LogP) is 0.299. The second-order valence-electron chi connectivity index (χ2n) is 6.52. The second-order valence-corrected chi connectivity index (χ2v) is 7.29. The topological polar surface area (TPSA) is 158 Å². The summed E-state index contributed by atoms with van der Waals surface area (Å²) in [6.07, 6.45) is 2.79. The number of aliphatic hydroxyl groups is 2. The van der Waals surface area contributed by atoms with Crippen molar-refractivity contribution in [2.75, 3.05) is 12.3 Å². The van der Waals surface area contributed by atoms with E-state index in [0.717, 1.165) is 0 Å². The van der Waals surface area contributed by atoms with Crippen LogP contribution in [0.25, 0.3) is 22.3 Å². The Bertz CT molecular complexity index is 1360. The molecule has 1 unspecified atom stereocenters. The Labute approximate surface area is 172 Å². The van der Waals surface area contributed by atoms with Gasteiger partial charge >= 0.3 is 0 Å². The fraction of sp³-hybridized carbons (Fsp3) is 0.333. The number of ether oxygens (including phenoxy) is 1. The van der Waals surface area contributed by atoms with Crippen LogP contribution >= 0.6 is 24.4 Å². The molecule has 12 nitrogen and oxygen atoms in total. The van der Waals surface area contributed by atoms with Crippen LogP contribution in [0, 0.1) is 9.28 Å². The van der Waals surface area contributed by atoms with Crippen LogP contribution in [0.3, 0.4) is 0 Å². The first-order valence-electron chi connectivity index (χ1n) is 8.60. The van der Waals surface area contributed by atoms with Crippen molar-refractivity contribution >= 4 is 52.7 Å². The first-order valence-corrected chi connectivity index (χ1v) is 9.42. The maximum Gasteiger partial charge on any atom is 0.223 e. The number of H-pyrrole nitrogens is 1. The Balaban J connectivity index is 1.67. The van der Waals surface area contributed by atoms with E-state index in [1.165, 1.54) is 23.7 Å². The number of nitrogens with zero attached hydrogens (tertiary/aromatic N) is 7. The lowest BCUT2D eigenvalue weighted by Gasteiger charge is -2.15. The molecule has 14 heteroatoms. The summed E-state index contributed by atoms with van der Waals surface area (Å²) in [4.78, 5) is 20.1. The molecule has 150 valence electrons. The number of aromatic nitrogens is 8. The standard InChI is InChI=1S/C15H15N9O3S2/c16-15-21-12-10(19-4-22(12)8-1-6(26)7(2-25)27-8)14(29)24(15)23-5-20-9-11(23)17-3-18-13(9)28/h3-8,25-26H,1-2H2,(H2,16,21)(H,17,18,28)/t6?,7-,8-/m1/s1. The zero-order valence-electron chi connectivity index (χ0n) is 14.7. The van der Waals surface area contributed by atoms with Crippen molar-refractivity contribution in [3.05, 3.63) is 28.3 Å². The number of rotatable bonds is 3. The van der Waals surface area contributed by atoms with Crippen LogP contribution in [0.1, 0.15) is 12.6 Å². The summed E-state index contributed by atoms with van der Waals surface area (Å²) >= 11 is 10.8. The van der Waals surface area contributed by atoms with Crippen LogP contribution in [-0.2, 0) is 4.74 Å². The van der Waals surface area contributed by atoms with Crippen LogP contribution in [0.2, 0.25) is 0 Å². The second kappa shape index (κ2) is 6.64. The third kappa shape index (κ3) is 2.68.